The number of rotatable bonds is 3. The van der Waals surface area contributed by atoms with Gasteiger partial charge in [-0.25, -0.2) is 9.37 Å². The molecule has 1 aliphatic rings. The number of nitrogens with one attached hydrogen (secondary N) is 1. The van der Waals surface area contributed by atoms with Crippen LogP contribution in [0.25, 0.3) is 22.3 Å². The summed E-state index contributed by atoms with van der Waals surface area (Å²) in [4.78, 5) is 15.2. The Morgan fingerprint density at radius 3 is 2.62 bits per heavy atom. The van der Waals surface area contributed by atoms with Gasteiger partial charge in [-0.2, -0.15) is 9.97 Å². The van der Waals surface area contributed by atoms with Crippen LogP contribution < -0.4 is 16.0 Å². The van der Waals surface area contributed by atoms with Gasteiger partial charge in [0, 0.05) is 25.8 Å². The summed E-state index contributed by atoms with van der Waals surface area (Å²) in [5.41, 5.74) is 8.18. The maximum Gasteiger partial charge on any atom is 0.224 e. The summed E-state index contributed by atoms with van der Waals surface area (Å²) in [5.74, 6) is 0.461. The normalized spacial score (nSPS) is 14.6. The topological polar surface area (TPSA) is 80.0 Å². The van der Waals surface area contributed by atoms with Crippen LogP contribution in [-0.2, 0) is 0 Å². The van der Waals surface area contributed by atoms with Gasteiger partial charge in [0.05, 0.1) is 16.6 Å². The molecule has 3 N–H and O–H groups in total. The Bertz CT molecular complexity index is 952. The zero-order valence-corrected chi connectivity index (χ0v) is 14.7. The van der Waals surface area contributed by atoms with E-state index in [-0.39, 0.29) is 11.8 Å². The maximum atomic E-state index is 14.8. The van der Waals surface area contributed by atoms with Gasteiger partial charge in [0.25, 0.3) is 0 Å². The molecule has 1 aromatic carbocycles. The van der Waals surface area contributed by atoms with Gasteiger partial charge < -0.3 is 16.0 Å². The highest BCUT2D eigenvalue weighted by molar-refractivity contribution is 5.90. The molecule has 6 nitrogen and oxygen atoms in total. The number of nitrogen functional groups attached to an aromatic ring is 1. The van der Waals surface area contributed by atoms with Crippen LogP contribution in [0.5, 0.6) is 0 Å². The van der Waals surface area contributed by atoms with Crippen LogP contribution in [-0.4, -0.2) is 35.1 Å². The Morgan fingerprint density at radius 2 is 1.85 bits per heavy atom. The Kier molecular flexibility index (Phi) is 4.28. The quantitative estimate of drug-likeness (QED) is 0.752. The van der Waals surface area contributed by atoms with Crippen molar-refractivity contribution in [3.8, 4) is 11.3 Å². The predicted octanol–water partition coefficient (Wildman–Crippen LogP) is 3.45. The van der Waals surface area contributed by atoms with Gasteiger partial charge in [0.1, 0.15) is 11.6 Å². The lowest BCUT2D eigenvalue weighted by atomic mass is 10.0. The van der Waals surface area contributed by atoms with E-state index >= 15 is 0 Å². The minimum atomic E-state index is -0.282. The zero-order chi connectivity index (χ0) is 18.1. The second-order valence-electron chi connectivity index (χ2n) is 6.43. The van der Waals surface area contributed by atoms with Gasteiger partial charge in [0.15, 0.2) is 5.65 Å². The van der Waals surface area contributed by atoms with Crippen molar-refractivity contribution >= 4 is 28.5 Å². The highest BCUT2D eigenvalue weighted by atomic mass is 19.1. The highest BCUT2D eigenvalue weighted by Crippen LogP contribution is 2.35. The summed E-state index contributed by atoms with van der Waals surface area (Å²) in [6, 6.07) is 8.86. The third-order valence-electron chi connectivity index (χ3n) is 4.76. The number of benzene rings is 1. The first-order chi connectivity index (χ1) is 12.7. The monoisotopic (exact) mass is 352 g/mol. The fraction of sp³-hybridized carbons (Fsp3) is 0.316. The molecule has 0 unspecified atom stereocenters. The van der Waals surface area contributed by atoms with Crippen molar-refractivity contribution in [3.05, 3.63) is 36.1 Å². The van der Waals surface area contributed by atoms with Gasteiger partial charge in [-0.3, -0.25) is 0 Å². The largest absolute Gasteiger partial charge is 0.372 e. The van der Waals surface area contributed by atoms with E-state index in [0.29, 0.717) is 22.7 Å². The molecule has 1 aliphatic heterocycles. The molecule has 0 radical (unpaired) electrons. The van der Waals surface area contributed by atoms with Gasteiger partial charge in [0.2, 0.25) is 5.95 Å². The number of hydrogen-bond donors (Lipinski definition) is 2. The van der Waals surface area contributed by atoms with E-state index in [4.69, 9.17) is 5.73 Å². The number of aromatic nitrogens is 3. The SMILES string of the molecule is CNc1nc(N)nc2nc(-c3c(F)cccc3N3CCCCC3)ccc12. The van der Waals surface area contributed by atoms with Crippen molar-refractivity contribution < 1.29 is 4.39 Å². The van der Waals surface area contributed by atoms with Crippen LogP contribution in [0.15, 0.2) is 30.3 Å². The van der Waals surface area contributed by atoms with Gasteiger partial charge in [-0.1, -0.05) is 6.07 Å². The molecule has 134 valence electrons. The molecule has 0 atom stereocenters. The second-order valence-corrected chi connectivity index (χ2v) is 6.43. The minimum absolute atomic E-state index is 0.135. The van der Waals surface area contributed by atoms with E-state index in [0.717, 1.165) is 37.0 Å². The van der Waals surface area contributed by atoms with E-state index in [1.165, 1.54) is 12.5 Å². The fourth-order valence-corrected chi connectivity index (χ4v) is 3.52. The molecular formula is C19H21FN6. The lowest BCUT2D eigenvalue weighted by molar-refractivity contribution is 0.575. The van der Waals surface area contributed by atoms with Crippen LogP contribution in [0, 0.1) is 5.82 Å². The lowest BCUT2D eigenvalue weighted by Gasteiger charge is -2.30. The number of hydrogen-bond acceptors (Lipinski definition) is 6. The summed E-state index contributed by atoms with van der Waals surface area (Å²) < 4.78 is 14.8. The molecule has 4 rings (SSSR count). The Morgan fingerprint density at radius 1 is 1.04 bits per heavy atom. The zero-order valence-electron chi connectivity index (χ0n) is 14.7. The molecule has 0 bridgehead atoms. The van der Waals surface area contributed by atoms with Crippen molar-refractivity contribution in [1.29, 1.82) is 0 Å². The molecule has 26 heavy (non-hydrogen) atoms. The summed E-state index contributed by atoms with van der Waals surface area (Å²) in [7, 11) is 1.76. The number of fused-ring (bicyclic) bond motifs is 1. The first-order valence-electron chi connectivity index (χ1n) is 8.83. The molecule has 1 saturated heterocycles. The molecule has 3 aromatic rings. The highest BCUT2D eigenvalue weighted by Gasteiger charge is 2.20. The van der Waals surface area contributed by atoms with Crippen LogP contribution in [0.2, 0.25) is 0 Å². The van der Waals surface area contributed by atoms with Gasteiger partial charge in [-0.15, -0.1) is 0 Å². The minimum Gasteiger partial charge on any atom is -0.372 e. The van der Waals surface area contributed by atoms with Crippen molar-refractivity contribution in [1.82, 2.24) is 15.0 Å². The van der Waals surface area contributed by atoms with Crippen molar-refractivity contribution in [2.45, 2.75) is 19.3 Å². The third kappa shape index (κ3) is 2.89. The smallest absolute Gasteiger partial charge is 0.224 e. The summed E-state index contributed by atoms with van der Waals surface area (Å²) in [6.45, 7) is 1.87. The molecule has 0 saturated carbocycles. The second kappa shape index (κ2) is 6.74. The first kappa shape index (κ1) is 16.5. The van der Waals surface area contributed by atoms with Gasteiger partial charge >= 0.3 is 0 Å². The van der Waals surface area contributed by atoms with Crippen LogP contribution >= 0.6 is 0 Å². The number of halogens is 1. The summed E-state index contributed by atoms with van der Waals surface area (Å²) in [6.07, 6.45) is 3.46. The Hall–Kier alpha value is -2.96. The number of pyridine rings is 1. The molecule has 0 amide bonds. The number of piperidine rings is 1. The number of nitrogens with zero attached hydrogens (tertiary/aromatic N) is 4. The van der Waals surface area contributed by atoms with Crippen molar-refractivity contribution in [2.24, 2.45) is 0 Å². The molecule has 2 aromatic heterocycles. The molecule has 0 spiro atoms. The fourth-order valence-electron chi connectivity index (χ4n) is 3.52. The average Bonchev–Trinajstić information content (AvgIpc) is 2.67. The van der Waals surface area contributed by atoms with Crippen molar-refractivity contribution in [3.63, 3.8) is 0 Å². The van der Waals surface area contributed by atoms with E-state index in [1.54, 1.807) is 13.1 Å². The molecular weight excluding hydrogens is 331 g/mol. The summed E-state index contributed by atoms with van der Waals surface area (Å²) >= 11 is 0. The lowest BCUT2D eigenvalue weighted by Crippen LogP contribution is -2.30. The van der Waals surface area contributed by atoms with E-state index in [9.17, 15) is 4.39 Å². The van der Waals surface area contributed by atoms with Crippen LogP contribution in [0.1, 0.15) is 19.3 Å². The summed E-state index contributed by atoms with van der Waals surface area (Å²) in [5, 5.41) is 3.74. The molecule has 7 heteroatoms. The maximum absolute atomic E-state index is 14.8. The van der Waals surface area contributed by atoms with Crippen LogP contribution in [0.3, 0.4) is 0 Å². The van der Waals surface area contributed by atoms with E-state index in [1.807, 2.05) is 18.2 Å². The Labute approximate surface area is 151 Å². The van der Waals surface area contributed by atoms with Crippen LogP contribution in [0.4, 0.5) is 21.8 Å². The van der Waals surface area contributed by atoms with E-state index < -0.39 is 0 Å². The third-order valence-corrected chi connectivity index (χ3v) is 4.76. The first-order valence-corrected chi connectivity index (χ1v) is 8.83. The predicted molar refractivity (Wildman–Crippen MR) is 103 cm³/mol. The van der Waals surface area contributed by atoms with Crippen molar-refractivity contribution in [2.75, 3.05) is 36.1 Å². The molecule has 0 aliphatic carbocycles. The Balaban J connectivity index is 1.87. The average molecular weight is 352 g/mol. The standard InChI is InChI=1S/C19H21FN6/c1-22-17-12-8-9-14(23-18(12)25-19(21)24-17)16-13(20)6-5-7-15(16)26-10-3-2-4-11-26/h5-9H,2-4,10-11H2,1H3,(H3,21,22,23,24,25). The van der Waals surface area contributed by atoms with Gasteiger partial charge in [-0.05, 0) is 43.5 Å². The molecule has 3 heterocycles. The van der Waals surface area contributed by atoms with E-state index in [2.05, 4.69) is 25.2 Å². The molecule has 1 fully saturated rings. The number of nitrogens with two attached hydrogens (primary N) is 1. The number of anilines is 3.